The van der Waals surface area contributed by atoms with Crippen LogP contribution < -0.4 is 0 Å². The Balaban J connectivity index is 2.32. The predicted octanol–water partition coefficient (Wildman–Crippen LogP) is 0.855. The van der Waals surface area contributed by atoms with Crippen LogP contribution in [0, 0.1) is 10.1 Å². The average molecular weight is 430 g/mol. The summed E-state index contributed by atoms with van der Waals surface area (Å²) in [4.78, 5) is 21.5. The SMILES string of the molecule is O=C(CS(=O)c1ccc(S(=O)(=O)C(F)(F)F)cc1[N+](=O)[O-])N1CCOCC1. The highest BCUT2D eigenvalue weighted by atomic mass is 32.2. The number of hydrogen-bond acceptors (Lipinski definition) is 7. The van der Waals surface area contributed by atoms with Gasteiger partial charge in [0.15, 0.2) is 0 Å². The minimum Gasteiger partial charge on any atom is -0.378 e. The lowest BCUT2D eigenvalue weighted by Crippen LogP contribution is -2.42. The minimum atomic E-state index is -5.81. The molecule has 1 aliphatic rings. The largest absolute Gasteiger partial charge is 0.501 e. The zero-order valence-corrected chi connectivity index (χ0v) is 15.1. The van der Waals surface area contributed by atoms with E-state index in [2.05, 4.69) is 0 Å². The number of morpholine rings is 1. The van der Waals surface area contributed by atoms with Gasteiger partial charge >= 0.3 is 5.51 Å². The van der Waals surface area contributed by atoms with Crippen LogP contribution in [0.3, 0.4) is 0 Å². The lowest BCUT2D eigenvalue weighted by Gasteiger charge is -2.26. The first kappa shape index (κ1) is 21.2. The standard InChI is InChI=1S/C13H13F3N2O7S2/c14-13(15,16)27(23,24)9-1-2-11(10(7-9)18(20)21)26(22)8-12(19)17-3-5-25-6-4-17/h1-2,7H,3-6,8H2. The second kappa shape index (κ2) is 7.90. The molecule has 1 aliphatic heterocycles. The Bertz CT molecular complexity index is 880. The number of nitro groups is 1. The highest BCUT2D eigenvalue weighted by molar-refractivity contribution is 7.92. The van der Waals surface area contributed by atoms with Gasteiger partial charge in [0.05, 0.1) is 33.8 Å². The summed E-state index contributed by atoms with van der Waals surface area (Å²) in [5.41, 5.74) is -6.72. The van der Waals surface area contributed by atoms with Crippen molar-refractivity contribution in [2.24, 2.45) is 0 Å². The van der Waals surface area contributed by atoms with Gasteiger partial charge in [0.25, 0.3) is 15.5 Å². The van der Waals surface area contributed by atoms with Crippen LogP contribution in [0.15, 0.2) is 28.0 Å². The van der Waals surface area contributed by atoms with Crippen molar-refractivity contribution in [1.29, 1.82) is 0 Å². The normalized spacial score (nSPS) is 16.8. The number of carbonyl (C=O) groups is 1. The molecular formula is C13H13F3N2O7S2. The topological polar surface area (TPSA) is 124 Å². The number of hydrogen-bond donors (Lipinski definition) is 0. The Hall–Kier alpha value is -2.06. The number of carbonyl (C=O) groups excluding carboxylic acids is 1. The van der Waals surface area contributed by atoms with E-state index in [1.165, 1.54) is 4.90 Å². The highest BCUT2D eigenvalue weighted by Crippen LogP contribution is 2.34. The van der Waals surface area contributed by atoms with E-state index in [0.29, 0.717) is 12.1 Å². The summed E-state index contributed by atoms with van der Waals surface area (Å²) in [7, 11) is -8.06. The zero-order chi connectivity index (χ0) is 20.4. The highest BCUT2D eigenvalue weighted by Gasteiger charge is 2.47. The van der Waals surface area contributed by atoms with E-state index in [1.54, 1.807) is 0 Å². The van der Waals surface area contributed by atoms with Crippen molar-refractivity contribution < 1.29 is 40.3 Å². The fourth-order valence-corrected chi connectivity index (χ4v) is 4.16. The average Bonchev–Trinajstić information content (AvgIpc) is 2.60. The van der Waals surface area contributed by atoms with Crippen molar-refractivity contribution in [2.45, 2.75) is 15.3 Å². The summed E-state index contributed by atoms with van der Waals surface area (Å²) in [6, 6.07) is 1.32. The van der Waals surface area contributed by atoms with Gasteiger partial charge in [-0.3, -0.25) is 19.1 Å². The molecule has 1 fully saturated rings. The summed E-state index contributed by atoms with van der Waals surface area (Å²) >= 11 is 0. The molecule has 0 N–H and O–H groups in total. The number of nitrogens with zero attached hydrogens (tertiary/aromatic N) is 2. The Labute approximate surface area is 153 Å². The van der Waals surface area contributed by atoms with Crippen LogP contribution in [0.2, 0.25) is 0 Å². The van der Waals surface area contributed by atoms with Crippen LogP contribution in [0.5, 0.6) is 0 Å². The van der Waals surface area contributed by atoms with Crippen molar-refractivity contribution in [3.8, 4) is 0 Å². The van der Waals surface area contributed by atoms with E-state index >= 15 is 0 Å². The monoisotopic (exact) mass is 430 g/mol. The van der Waals surface area contributed by atoms with Gasteiger partial charge in [-0.05, 0) is 12.1 Å². The van der Waals surface area contributed by atoms with E-state index in [9.17, 15) is 40.7 Å². The minimum absolute atomic E-state index is 0.190. The molecular weight excluding hydrogens is 417 g/mol. The summed E-state index contributed by atoms with van der Waals surface area (Å²) < 4.78 is 78.0. The smallest absolute Gasteiger partial charge is 0.378 e. The van der Waals surface area contributed by atoms with E-state index < -0.39 is 58.2 Å². The number of amides is 1. The molecule has 0 bridgehead atoms. The van der Waals surface area contributed by atoms with Crippen LogP contribution >= 0.6 is 0 Å². The van der Waals surface area contributed by atoms with Crippen LogP contribution in [0.1, 0.15) is 0 Å². The first-order valence-corrected chi connectivity index (χ1v) is 10.1. The molecule has 0 radical (unpaired) electrons. The first-order chi connectivity index (χ1) is 12.4. The fraction of sp³-hybridized carbons (Fsp3) is 0.462. The van der Waals surface area contributed by atoms with Gasteiger partial charge in [-0.15, -0.1) is 0 Å². The van der Waals surface area contributed by atoms with Crippen molar-refractivity contribution in [2.75, 3.05) is 32.1 Å². The number of benzene rings is 1. The maximum Gasteiger partial charge on any atom is 0.501 e. The molecule has 14 heteroatoms. The van der Waals surface area contributed by atoms with E-state index in [1.807, 2.05) is 0 Å². The van der Waals surface area contributed by atoms with E-state index in [0.717, 1.165) is 0 Å². The molecule has 1 amide bonds. The van der Waals surface area contributed by atoms with Crippen LogP contribution in [0.4, 0.5) is 18.9 Å². The van der Waals surface area contributed by atoms with E-state index in [4.69, 9.17) is 4.74 Å². The van der Waals surface area contributed by atoms with Gasteiger partial charge in [-0.2, -0.15) is 13.2 Å². The summed E-state index contributed by atoms with van der Waals surface area (Å²) in [5, 5.41) is 11.1. The van der Waals surface area contributed by atoms with Crippen molar-refractivity contribution >= 4 is 32.2 Å². The Morgan fingerprint density at radius 3 is 2.41 bits per heavy atom. The number of rotatable bonds is 5. The summed E-state index contributed by atoms with van der Waals surface area (Å²) in [6.07, 6.45) is 0. The van der Waals surface area contributed by atoms with Gasteiger partial charge < -0.3 is 9.64 Å². The summed E-state index contributed by atoms with van der Waals surface area (Å²) in [6.45, 7) is 1.06. The number of nitro benzene ring substituents is 1. The molecule has 150 valence electrons. The Morgan fingerprint density at radius 2 is 1.89 bits per heavy atom. The third kappa shape index (κ3) is 4.62. The molecule has 0 saturated carbocycles. The Kier molecular flexibility index (Phi) is 6.21. The number of alkyl halides is 3. The van der Waals surface area contributed by atoms with Crippen molar-refractivity contribution in [3.05, 3.63) is 28.3 Å². The van der Waals surface area contributed by atoms with Gasteiger partial charge in [0.1, 0.15) is 10.6 Å². The summed E-state index contributed by atoms with van der Waals surface area (Å²) in [5.74, 6) is -1.20. The molecule has 1 saturated heterocycles. The Morgan fingerprint density at radius 1 is 1.30 bits per heavy atom. The molecule has 1 heterocycles. The van der Waals surface area contributed by atoms with Gasteiger partial charge in [-0.25, -0.2) is 8.42 Å². The molecule has 1 aromatic carbocycles. The predicted molar refractivity (Wildman–Crippen MR) is 85.0 cm³/mol. The molecule has 1 atom stereocenters. The molecule has 9 nitrogen and oxygen atoms in total. The van der Waals surface area contributed by atoms with Crippen LogP contribution in [-0.2, 0) is 30.2 Å². The van der Waals surface area contributed by atoms with Crippen LogP contribution in [0.25, 0.3) is 0 Å². The maximum absolute atomic E-state index is 12.6. The molecule has 1 aromatic rings. The second-order valence-electron chi connectivity index (χ2n) is 5.32. The molecule has 27 heavy (non-hydrogen) atoms. The third-order valence-electron chi connectivity index (χ3n) is 3.61. The van der Waals surface area contributed by atoms with Crippen molar-refractivity contribution in [1.82, 2.24) is 4.90 Å². The van der Waals surface area contributed by atoms with Gasteiger partial charge in [-0.1, -0.05) is 0 Å². The molecule has 0 aliphatic carbocycles. The van der Waals surface area contributed by atoms with E-state index in [-0.39, 0.29) is 32.4 Å². The molecule has 2 rings (SSSR count). The fourth-order valence-electron chi connectivity index (χ4n) is 2.23. The quantitative estimate of drug-likeness (QED) is 0.501. The lowest BCUT2D eigenvalue weighted by atomic mass is 10.3. The lowest BCUT2D eigenvalue weighted by molar-refractivity contribution is -0.388. The van der Waals surface area contributed by atoms with Gasteiger partial charge in [0.2, 0.25) is 5.91 Å². The number of halogens is 3. The van der Waals surface area contributed by atoms with Crippen LogP contribution in [-0.4, -0.2) is 65.9 Å². The molecule has 0 spiro atoms. The third-order valence-corrected chi connectivity index (χ3v) is 6.43. The molecule has 1 unspecified atom stereocenters. The zero-order valence-electron chi connectivity index (χ0n) is 13.5. The van der Waals surface area contributed by atoms with Crippen molar-refractivity contribution in [3.63, 3.8) is 0 Å². The number of ether oxygens (including phenoxy) is 1. The van der Waals surface area contributed by atoms with Gasteiger partial charge in [0, 0.05) is 19.2 Å². The first-order valence-electron chi connectivity index (χ1n) is 7.29. The second-order valence-corrected chi connectivity index (χ2v) is 8.68. The number of sulfone groups is 1. The molecule has 0 aromatic heterocycles. The maximum atomic E-state index is 12.6.